The maximum atomic E-state index is 13.5. The fraction of sp³-hybridized carbons (Fsp3) is 0.346. The summed E-state index contributed by atoms with van der Waals surface area (Å²) < 4.78 is 19.0. The minimum absolute atomic E-state index is 0.00522. The van der Waals surface area contributed by atoms with Gasteiger partial charge < -0.3 is 15.4 Å². The van der Waals surface area contributed by atoms with Crippen LogP contribution in [0.1, 0.15) is 26.2 Å². The molecule has 2 unspecified atom stereocenters. The molecule has 7 nitrogen and oxygen atoms in total. The third-order valence-corrected chi connectivity index (χ3v) is 7.23. The number of aromatic nitrogens is 2. The van der Waals surface area contributed by atoms with Gasteiger partial charge in [0.1, 0.15) is 23.7 Å². The monoisotopic (exact) mass is 495 g/mol. The lowest BCUT2D eigenvalue weighted by atomic mass is 9.98. The molecule has 0 bridgehead atoms. The second kappa shape index (κ2) is 9.43. The first-order valence-corrected chi connectivity index (χ1v) is 12.0. The molecule has 2 aliphatic rings. The van der Waals surface area contributed by atoms with Crippen molar-refractivity contribution >= 4 is 45.6 Å². The number of hydrogen-bond acceptors (Lipinski definition) is 6. The van der Waals surface area contributed by atoms with Gasteiger partial charge in [-0.25, -0.2) is 14.4 Å². The van der Waals surface area contributed by atoms with Crippen molar-refractivity contribution in [2.24, 2.45) is 5.41 Å². The van der Waals surface area contributed by atoms with Gasteiger partial charge in [0.15, 0.2) is 0 Å². The number of ether oxygens (including phenoxy) is 1. The summed E-state index contributed by atoms with van der Waals surface area (Å²) in [5.74, 6) is 0.233. The Hall–Kier alpha value is -3.23. The number of anilines is 3. The average Bonchev–Trinajstić information content (AvgIpc) is 3.54. The normalized spacial score (nSPS) is 21.7. The number of amides is 1. The van der Waals surface area contributed by atoms with Crippen LogP contribution in [0.15, 0.2) is 48.8 Å². The lowest BCUT2D eigenvalue weighted by Gasteiger charge is -2.29. The molecule has 35 heavy (non-hydrogen) atoms. The van der Waals surface area contributed by atoms with Gasteiger partial charge >= 0.3 is 0 Å². The Morgan fingerprint density at radius 3 is 3.00 bits per heavy atom. The number of nitrogens with zero attached hydrogens (tertiary/aromatic N) is 3. The van der Waals surface area contributed by atoms with E-state index in [1.165, 1.54) is 44.8 Å². The Kier molecular flexibility index (Phi) is 6.34. The number of carbonyl (C=O) groups is 1. The van der Waals surface area contributed by atoms with Crippen LogP contribution in [0.4, 0.5) is 21.6 Å². The summed E-state index contributed by atoms with van der Waals surface area (Å²) in [4.78, 5) is 23.8. The van der Waals surface area contributed by atoms with E-state index in [9.17, 15) is 9.18 Å². The first-order chi connectivity index (χ1) is 16.9. The zero-order valence-corrected chi connectivity index (χ0v) is 20.4. The molecule has 2 fully saturated rings. The Labute approximate surface area is 208 Å². The summed E-state index contributed by atoms with van der Waals surface area (Å²) >= 11 is 5.91. The zero-order chi connectivity index (χ0) is 24.6. The van der Waals surface area contributed by atoms with Crippen molar-refractivity contribution in [3.8, 4) is 5.75 Å². The van der Waals surface area contributed by atoms with E-state index in [4.69, 9.17) is 16.3 Å². The van der Waals surface area contributed by atoms with E-state index in [1.807, 2.05) is 6.08 Å². The van der Waals surface area contributed by atoms with Crippen LogP contribution in [0, 0.1) is 11.2 Å². The molecule has 0 radical (unpaired) electrons. The van der Waals surface area contributed by atoms with Gasteiger partial charge in [0.2, 0.25) is 5.91 Å². The van der Waals surface area contributed by atoms with E-state index >= 15 is 0 Å². The molecule has 0 spiro atoms. The van der Waals surface area contributed by atoms with Crippen molar-refractivity contribution in [2.45, 2.75) is 32.2 Å². The van der Waals surface area contributed by atoms with Crippen LogP contribution >= 0.6 is 11.6 Å². The van der Waals surface area contributed by atoms with Crippen molar-refractivity contribution in [1.82, 2.24) is 14.9 Å². The molecular formula is C26H27ClFN5O2. The van der Waals surface area contributed by atoms with Gasteiger partial charge in [-0.05, 0) is 55.5 Å². The van der Waals surface area contributed by atoms with E-state index in [-0.39, 0.29) is 10.9 Å². The largest absolute Gasteiger partial charge is 0.494 e. The molecule has 3 aromatic rings. The highest BCUT2D eigenvalue weighted by Crippen LogP contribution is 2.55. The number of carbonyl (C=O) groups excluding carboxylic acids is 1. The fourth-order valence-corrected chi connectivity index (χ4v) is 5.09. The van der Waals surface area contributed by atoms with Crippen molar-refractivity contribution in [2.75, 3.05) is 30.8 Å². The molecule has 1 amide bonds. The second-order valence-electron chi connectivity index (χ2n) is 9.41. The standard InChI is InChI=1S/C26H27ClFN5O2/c1-26-8-4-10-33(23(26)14-26)9-3-5-24(34)32-21-12-17-20(13-22(21)35-2)29-15-30-25(17)31-16-6-7-19(28)18(27)11-16/h3,5-7,11-13,15,23H,4,8-10,14H2,1-2H3,(H,32,34)(H,29,30,31)/b5-3+. The molecule has 1 aromatic heterocycles. The van der Waals surface area contributed by atoms with Crippen LogP contribution in [-0.4, -0.2) is 47.0 Å². The van der Waals surface area contributed by atoms with E-state index in [2.05, 4.69) is 32.4 Å². The molecule has 2 heterocycles. The number of fused-ring (bicyclic) bond motifs is 2. The maximum Gasteiger partial charge on any atom is 0.248 e. The van der Waals surface area contributed by atoms with Crippen molar-refractivity contribution in [3.63, 3.8) is 0 Å². The van der Waals surface area contributed by atoms with Crippen LogP contribution < -0.4 is 15.4 Å². The lowest BCUT2D eigenvalue weighted by molar-refractivity contribution is -0.111. The molecule has 1 saturated carbocycles. The SMILES string of the molecule is COc1cc2ncnc(Nc3ccc(F)c(Cl)c3)c2cc1NC(=O)/C=C/CN1CCCC2(C)CC12. The first kappa shape index (κ1) is 23.5. The number of methoxy groups -OCH3 is 1. The average molecular weight is 496 g/mol. The first-order valence-electron chi connectivity index (χ1n) is 11.6. The quantitative estimate of drug-likeness (QED) is 0.419. The molecule has 1 saturated heterocycles. The third-order valence-electron chi connectivity index (χ3n) is 6.94. The van der Waals surface area contributed by atoms with Gasteiger partial charge in [0.05, 0.1) is 23.3 Å². The maximum absolute atomic E-state index is 13.5. The number of hydrogen-bond donors (Lipinski definition) is 2. The van der Waals surface area contributed by atoms with Crippen LogP contribution in [-0.2, 0) is 4.79 Å². The van der Waals surface area contributed by atoms with Crippen molar-refractivity contribution in [1.29, 1.82) is 0 Å². The number of benzene rings is 2. The molecule has 2 N–H and O–H groups in total. The smallest absolute Gasteiger partial charge is 0.248 e. The highest BCUT2D eigenvalue weighted by atomic mass is 35.5. The van der Waals surface area contributed by atoms with E-state index in [1.54, 1.807) is 24.3 Å². The molecule has 5 rings (SSSR count). The fourth-order valence-electron chi connectivity index (χ4n) is 4.91. The number of rotatable bonds is 7. The molecule has 2 atom stereocenters. The summed E-state index contributed by atoms with van der Waals surface area (Å²) in [7, 11) is 1.54. The molecule has 1 aliphatic heterocycles. The van der Waals surface area contributed by atoms with E-state index in [0.29, 0.717) is 45.3 Å². The van der Waals surface area contributed by atoms with Gasteiger partial charge in [-0.2, -0.15) is 0 Å². The van der Waals surface area contributed by atoms with E-state index < -0.39 is 5.82 Å². The van der Waals surface area contributed by atoms with Gasteiger partial charge in [0.25, 0.3) is 0 Å². The van der Waals surface area contributed by atoms with Gasteiger partial charge in [-0.1, -0.05) is 24.6 Å². The van der Waals surface area contributed by atoms with Crippen LogP contribution in [0.2, 0.25) is 5.02 Å². The molecule has 2 aromatic carbocycles. The Morgan fingerprint density at radius 2 is 2.20 bits per heavy atom. The highest BCUT2D eigenvalue weighted by molar-refractivity contribution is 6.31. The Morgan fingerprint density at radius 1 is 1.34 bits per heavy atom. The van der Waals surface area contributed by atoms with Crippen molar-refractivity contribution in [3.05, 3.63) is 59.7 Å². The van der Waals surface area contributed by atoms with Gasteiger partial charge in [-0.15, -0.1) is 0 Å². The summed E-state index contributed by atoms with van der Waals surface area (Å²) in [6.45, 7) is 4.20. The lowest BCUT2D eigenvalue weighted by Crippen LogP contribution is -2.34. The van der Waals surface area contributed by atoms with Gasteiger partial charge in [0, 0.05) is 35.8 Å². The third kappa shape index (κ3) is 4.94. The summed E-state index contributed by atoms with van der Waals surface area (Å²) in [5, 5.41) is 6.71. The molecule has 9 heteroatoms. The van der Waals surface area contributed by atoms with E-state index in [0.717, 1.165) is 13.1 Å². The topological polar surface area (TPSA) is 79.4 Å². The zero-order valence-electron chi connectivity index (χ0n) is 19.6. The Balaban J connectivity index is 1.33. The number of halogens is 2. The summed E-state index contributed by atoms with van der Waals surface area (Å²) in [5.41, 5.74) is 2.17. The predicted octanol–water partition coefficient (Wildman–Crippen LogP) is 5.54. The van der Waals surface area contributed by atoms with Crippen molar-refractivity contribution < 1.29 is 13.9 Å². The minimum atomic E-state index is -0.501. The molecule has 1 aliphatic carbocycles. The number of nitrogens with one attached hydrogen (secondary N) is 2. The predicted molar refractivity (Wildman–Crippen MR) is 136 cm³/mol. The van der Waals surface area contributed by atoms with Crippen LogP contribution in [0.25, 0.3) is 10.9 Å². The minimum Gasteiger partial charge on any atom is -0.494 e. The Bertz CT molecular complexity index is 1320. The van der Waals surface area contributed by atoms with Crippen LogP contribution in [0.3, 0.4) is 0 Å². The molecule has 182 valence electrons. The summed E-state index contributed by atoms with van der Waals surface area (Å²) in [6.07, 6.45) is 8.67. The molecular weight excluding hydrogens is 469 g/mol. The number of likely N-dealkylation sites (tertiary alicyclic amines) is 1. The number of piperidine rings is 1. The summed E-state index contributed by atoms with van der Waals surface area (Å²) in [6, 6.07) is 8.47. The highest BCUT2D eigenvalue weighted by Gasteiger charge is 2.54. The van der Waals surface area contributed by atoms with Gasteiger partial charge in [-0.3, -0.25) is 9.69 Å². The second-order valence-corrected chi connectivity index (χ2v) is 9.82. The van der Waals surface area contributed by atoms with Crippen LogP contribution in [0.5, 0.6) is 5.75 Å².